The second-order valence-corrected chi connectivity index (χ2v) is 3.57. The van der Waals surface area contributed by atoms with Crippen molar-refractivity contribution < 1.29 is 4.84 Å². The first kappa shape index (κ1) is 9.24. The van der Waals surface area contributed by atoms with Gasteiger partial charge in [-0.05, 0) is 25.1 Å². The fourth-order valence-corrected chi connectivity index (χ4v) is 1.75. The van der Waals surface area contributed by atoms with Crippen molar-refractivity contribution in [3.8, 4) is 0 Å². The fourth-order valence-electron chi connectivity index (χ4n) is 1.75. The van der Waals surface area contributed by atoms with E-state index in [-0.39, 0.29) is 0 Å². The Bertz CT molecular complexity index is 460. The van der Waals surface area contributed by atoms with Gasteiger partial charge in [-0.25, -0.2) is 5.90 Å². The van der Waals surface area contributed by atoms with Crippen LogP contribution in [0.5, 0.6) is 0 Å². The minimum Gasteiger partial charge on any atom is -0.345 e. The third kappa shape index (κ3) is 1.41. The molecule has 2 rings (SSSR count). The lowest BCUT2D eigenvalue weighted by Gasteiger charge is -2.01. The zero-order valence-corrected chi connectivity index (χ0v) is 8.45. The van der Waals surface area contributed by atoms with Crippen LogP contribution >= 0.6 is 0 Å². The molecule has 3 heteroatoms. The first-order chi connectivity index (χ1) is 6.72. The van der Waals surface area contributed by atoms with Crippen molar-refractivity contribution in [2.75, 3.05) is 0 Å². The third-order valence-electron chi connectivity index (χ3n) is 2.53. The van der Waals surface area contributed by atoms with Gasteiger partial charge in [0.25, 0.3) is 0 Å². The quantitative estimate of drug-likeness (QED) is 0.734. The van der Waals surface area contributed by atoms with E-state index in [1.807, 2.05) is 7.05 Å². The number of nitrogens with two attached hydrogens (primary N) is 1. The van der Waals surface area contributed by atoms with E-state index in [9.17, 15) is 0 Å². The summed E-state index contributed by atoms with van der Waals surface area (Å²) in [5.41, 5.74) is 3.57. The van der Waals surface area contributed by atoms with Crippen molar-refractivity contribution >= 4 is 10.9 Å². The van der Waals surface area contributed by atoms with Crippen LogP contribution in [0.15, 0.2) is 24.3 Å². The summed E-state index contributed by atoms with van der Waals surface area (Å²) < 4.78 is 2.10. The highest BCUT2D eigenvalue weighted by atomic mass is 16.6. The molecule has 74 valence electrons. The van der Waals surface area contributed by atoms with Gasteiger partial charge in [-0.1, -0.05) is 11.6 Å². The number of benzene rings is 1. The predicted molar refractivity (Wildman–Crippen MR) is 56.6 cm³/mol. The van der Waals surface area contributed by atoms with Gasteiger partial charge in [-0.2, -0.15) is 0 Å². The zero-order valence-electron chi connectivity index (χ0n) is 8.45. The van der Waals surface area contributed by atoms with Crippen molar-refractivity contribution in [3.63, 3.8) is 0 Å². The molecule has 0 aliphatic rings. The normalized spacial score (nSPS) is 11.1. The maximum absolute atomic E-state index is 5.07. The summed E-state index contributed by atoms with van der Waals surface area (Å²) >= 11 is 0. The second kappa shape index (κ2) is 3.44. The van der Waals surface area contributed by atoms with Crippen LogP contribution in [0.2, 0.25) is 0 Å². The lowest BCUT2D eigenvalue weighted by atomic mass is 10.2. The van der Waals surface area contributed by atoms with E-state index in [1.165, 1.54) is 16.5 Å². The van der Waals surface area contributed by atoms with E-state index < -0.39 is 0 Å². The number of nitrogens with zero attached hydrogens (tertiary/aromatic N) is 1. The van der Waals surface area contributed by atoms with Gasteiger partial charge in [0.05, 0.1) is 0 Å². The van der Waals surface area contributed by atoms with Crippen molar-refractivity contribution in [2.45, 2.75) is 13.5 Å². The average Bonchev–Trinajstić information content (AvgIpc) is 2.44. The summed E-state index contributed by atoms with van der Waals surface area (Å²) in [4.78, 5) is 4.65. The molecule has 3 nitrogen and oxygen atoms in total. The zero-order chi connectivity index (χ0) is 10.1. The van der Waals surface area contributed by atoms with Gasteiger partial charge in [0.15, 0.2) is 0 Å². The Labute approximate surface area is 83.0 Å². The van der Waals surface area contributed by atoms with Crippen LogP contribution in [-0.4, -0.2) is 4.57 Å². The van der Waals surface area contributed by atoms with Crippen LogP contribution in [-0.2, 0) is 18.5 Å². The van der Waals surface area contributed by atoms with Gasteiger partial charge in [-0.15, -0.1) is 0 Å². The Hall–Kier alpha value is -1.32. The predicted octanol–water partition coefficient (Wildman–Crippen LogP) is 1.88. The average molecular weight is 190 g/mol. The molecule has 2 aromatic rings. The van der Waals surface area contributed by atoms with Crippen molar-refractivity contribution in [1.82, 2.24) is 4.57 Å². The summed E-state index contributed by atoms with van der Waals surface area (Å²) in [6, 6.07) is 8.49. The molecule has 0 saturated carbocycles. The maximum Gasteiger partial charge on any atom is 0.108 e. The van der Waals surface area contributed by atoms with E-state index in [1.54, 1.807) is 0 Å². The monoisotopic (exact) mass is 190 g/mol. The summed E-state index contributed by atoms with van der Waals surface area (Å²) in [5, 5.41) is 1.24. The Morgan fingerprint density at radius 3 is 2.86 bits per heavy atom. The van der Waals surface area contributed by atoms with Crippen LogP contribution in [0, 0.1) is 6.92 Å². The molecular weight excluding hydrogens is 176 g/mol. The van der Waals surface area contributed by atoms with Gasteiger partial charge < -0.3 is 4.57 Å². The fraction of sp³-hybridized carbons (Fsp3) is 0.273. The van der Waals surface area contributed by atoms with Gasteiger partial charge in [-0.3, -0.25) is 4.84 Å². The Kier molecular flexibility index (Phi) is 2.27. The highest BCUT2D eigenvalue weighted by Crippen LogP contribution is 2.20. The highest BCUT2D eigenvalue weighted by Gasteiger charge is 2.04. The number of hydrogen-bond donors (Lipinski definition) is 1. The molecule has 0 radical (unpaired) electrons. The first-order valence-electron chi connectivity index (χ1n) is 4.59. The maximum atomic E-state index is 5.07. The Morgan fingerprint density at radius 1 is 1.36 bits per heavy atom. The first-order valence-corrected chi connectivity index (χ1v) is 4.59. The number of aromatic nitrogens is 1. The molecule has 1 aromatic carbocycles. The van der Waals surface area contributed by atoms with Crippen molar-refractivity contribution in [3.05, 3.63) is 35.5 Å². The number of aryl methyl sites for hydroxylation is 2. The van der Waals surface area contributed by atoms with Crippen LogP contribution < -0.4 is 5.90 Å². The Balaban J connectivity index is 2.61. The molecule has 0 amide bonds. The van der Waals surface area contributed by atoms with Crippen LogP contribution in [0.25, 0.3) is 10.9 Å². The molecule has 0 bridgehead atoms. The van der Waals surface area contributed by atoms with Crippen LogP contribution in [0.1, 0.15) is 11.3 Å². The molecule has 0 aliphatic heterocycles. The van der Waals surface area contributed by atoms with Crippen molar-refractivity contribution in [1.29, 1.82) is 0 Å². The number of rotatable bonds is 2. The number of hydrogen-bond acceptors (Lipinski definition) is 2. The van der Waals surface area contributed by atoms with Gasteiger partial charge in [0, 0.05) is 23.6 Å². The minimum absolute atomic E-state index is 0.449. The van der Waals surface area contributed by atoms with E-state index in [0.717, 1.165) is 5.69 Å². The van der Waals surface area contributed by atoms with Crippen LogP contribution in [0.3, 0.4) is 0 Å². The minimum atomic E-state index is 0.449. The summed E-state index contributed by atoms with van der Waals surface area (Å²) in [5.74, 6) is 5.07. The molecule has 2 N–H and O–H groups in total. The van der Waals surface area contributed by atoms with E-state index in [4.69, 9.17) is 5.90 Å². The summed E-state index contributed by atoms with van der Waals surface area (Å²) in [6.07, 6.45) is 0. The molecule has 0 spiro atoms. The smallest absolute Gasteiger partial charge is 0.108 e. The lowest BCUT2D eigenvalue weighted by molar-refractivity contribution is 0.119. The summed E-state index contributed by atoms with van der Waals surface area (Å²) in [6.45, 7) is 2.54. The standard InChI is InChI=1S/C11H14N2O/c1-8-3-4-11-9(5-8)6-10(7-14-12)13(11)2/h3-6H,7,12H2,1-2H3. The van der Waals surface area contributed by atoms with E-state index in [0.29, 0.717) is 6.61 Å². The molecule has 1 aromatic heterocycles. The summed E-state index contributed by atoms with van der Waals surface area (Å²) in [7, 11) is 2.02. The van der Waals surface area contributed by atoms with E-state index >= 15 is 0 Å². The second-order valence-electron chi connectivity index (χ2n) is 3.57. The topological polar surface area (TPSA) is 40.2 Å². The Morgan fingerprint density at radius 2 is 2.14 bits per heavy atom. The highest BCUT2D eigenvalue weighted by molar-refractivity contribution is 5.81. The SMILES string of the molecule is Cc1ccc2c(c1)cc(CON)n2C. The van der Waals surface area contributed by atoms with Gasteiger partial charge in [0.1, 0.15) is 6.61 Å². The third-order valence-corrected chi connectivity index (χ3v) is 2.53. The van der Waals surface area contributed by atoms with Gasteiger partial charge >= 0.3 is 0 Å². The molecule has 0 aliphatic carbocycles. The molecule has 0 saturated heterocycles. The number of fused-ring (bicyclic) bond motifs is 1. The molecule has 0 unspecified atom stereocenters. The van der Waals surface area contributed by atoms with Crippen molar-refractivity contribution in [2.24, 2.45) is 12.9 Å². The van der Waals surface area contributed by atoms with Crippen LogP contribution in [0.4, 0.5) is 0 Å². The molecular formula is C11H14N2O. The van der Waals surface area contributed by atoms with E-state index in [2.05, 4.69) is 40.6 Å². The largest absolute Gasteiger partial charge is 0.345 e. The molecule has 1 heterocycles. The molecule has 0 atom stereocenters. The molecule has 0 fully saturated rings. The molecule has 14 heavy (non-hydrogen) atoms. The van der Waals surface area contributed by atoms with Gasteiger partial charge in [0.2, 0.25) is 0 Å². The lowest BCUT2D eigenvalue weighted by Crippen LogP contribution is -2.03.